The number of aliphatic carboxylic acids is 1. The summed E-state index contributed by atoms with van der Waals surface area (Å²) in [6.07, 6.45) is 5.10. The molecule has 32 heavy (non-hydrogen) atoms. The Morgan fingerprint density at radius 3 is 2.69 bits per heavy atom. The number of aryl methyl sites for hydroxylation is 1. The summed E-state index contributed by atoms with van der Waals surface area (Å²) >= 11 is 0. The molecule has 5 nitrogen and oxygen atoms in total. The Labute approximate surface area is 188 Å². The number of ether oxygens (including phenoxy) is 1. The van der Waals surface area contributed by atoms with Crippen molar-refractivity contribution in [2.24, 2.45) is 5.41 Å². The van der Waals surface area contributed by atoms with Crippen LogP contribution < -0.4 is 4.74 Å². The highest BCUT2D eigenvalue weighted by Gasteiger charge is 2.30. The largest absolute Gasteiger partial charge is 0.493 e. The third kappa shape index (κ3) is 4.62. The van der Waals surface area contributed by atoms with Gasteiger partial charge >= 0.3 is 5.97 Å². The van der Waals surface area contributed by atoms with E-state index in [1.807, 2.05) is 49.4 Å². The number of carbonyl (C=O) groups is 1. The van der Waals surface area contributed by atoms with Gasteiger partial charge in [0, 0.05) is 17.5 Å². The fraction of sp³-hybridized carbons (Fsp3) is 0.333. The van der Waals surface area contributed by atoms with E-state index in [-0.39, 0.29) is 0 Å². The lowest BCUT2D eigenvalue weighted by molar-refractivity contribution is -0.146. The number of allylic oxidation sites excluding steroid dienone is 2. The number of carboxylic acids is 1. The van der Waals surface area contributed by atoms with E-state index in [1.54, 1.807) is 13.8 Å². The van der Waals surface area contributed by atoms with E-state index in [1.165, 1.54) is 0 Å². The first kappa shape index (κ1) is 21.9. The smallest absolute Gasteiger partial charge is 0.309 e. The zero-order valence-corrected chi connectivity index (χ0v) is 18.9. The standard InChI is InChI=1S/C27H29NO4/c1-18-23(28-25(32-18)19-9-5-4-6-10-19)15-16-31-24-14-8-12-21-20(11-7-13-22(21)24)17-27(2,3)26(29)30/h4-6,8-12,14H,7,13,15-17H2,1-3H3,(H,29,30). The van der Waals surface area contributed by atoms with Gasteiger partial charge in [0.15, 0.2) is 0 Å². The minimum absolute atomic E-state index is 0.498. The molecule has 1 aliphatic rings. The lowest BCUT2D eigenvalue weighted by atomic mass is 9.79. The van der Waals surface area contributed by atoms with Crippen molar-refractivity contribution < 1.29 is 19.1 Å². The molecule has 0 aliphatic heterocycles. The molecule has 0 spiro atoms. The van der Waals surface area contributed by atoms with Crippen LogP contribution in [-0.2, 0) is 17.6 Å². The van der Waals surface area contributed by atoms with Gasteiger partial charge in [0.2, 0.25) is 5.89 Å². The summed E-state index contributed by atoms with van der Waals surface area (Å²) < 4.78 is 12.0. The Bertz CT molecular complexity index is 1140. The van der Waals surface area contributed by atoms with E-state index in [9.17, 15) is 9.90 Å². The molecule has 0 atom stereocenters. The van der Waals surface area contributed by atoms with Gasteiger partial charge in [-0.1, -0.05) is 36.4 Å². The van der Waals surface area contributed by atoms with Gasteiger partial charge in [0.25, 0.3) is 0 Å². The van der Waals surface area contributed by atoms with Gasteiger partial charge < -0.3 is 14.3 Å². The minimum atomic E-state index is -0.807. The molecule has 5 heteroatoms. The monoisotopic (exact) mass is 431 g/mol. The topological polar surface area (TPSA) is 72.6 Å². The second-order valence-electron chi connectivity index (χ2n) is 8.90. The van der Waals surface area contributed by atoms with E-state index in [2.05, 4.69) is 17.1 Å². The van der Waals surface area contributed by atoms with Gasteiger partial charge in [-0.15, -0.1) is 0 Å². The van der Waals surface area contributed by atoms with E-state index in [0.29, 0.717) is 25.3 Å². The van der Waals surface area contributed by atoms with Crippen LogP contribution in [0.2, 0.25) is 0 Å². The molecule has 1 aromatic heterocycles. The molecule has 0 unspecified atom stereocenters. The zero-order chi connectivity index (χ0) is 22.7. The highest BCUT2D eigenvalue weighted by molar-refractivity contribution is 5.80. The summed E-state index contributed by atoms with van der Waals surface area (Å²) in [6.45, 7) is 5.97. The summed E-state index contributed by atoms with van der Waals surface area (Å²) in [7, 11) is 0. The number of hydrogen-bond donors (Lipinski definition) is 1. The fourth-order valence-corrected chi connectivity index (χ4v) is 4.10. The van der Waals surface area contributed by atoms with Gasteiger partial charge in [-0.05, 0) is 69.4 Å². The molecule has 166 valence electrons. The van der Waals surface area contributed by atoms with Crippen molar-refractivity contribution in [2.75, 3.05) is 6.61 Å². The van der Waals surface area contributed by atoms with Crippen LogP contribution >= 0.6 is 0 Å². The van der Waals surface area contributed by atoms with Crippen LogP contribution in [0, 0.1) is 12.3 Å². The predicted octanol–water partition coefficient (Wildman–Crippen LogP) is 6.10. The molecular weight excluding hydrogens is 402 g/mol. The Hall–Kier alpha value is -3.34. The summed E-state index contributed by atoms with van der Waals surface area (Å²) in [5.41, 5.74) is 4.41. The van der Waals surface area contributed by atoms with Gasteiger partial charge in [-0.25, -0.2) is 4.98 Å². The average molecular weight is 432 g/mol. The number of benzene rings is 2. The molecule has 0 radical (unpaired) electrons. The molecule has 0 amide bonds. The SMILES string of the molecule is Cc1oc(-c2ccccc2)nc1CCOc1cccc2c1CCC=C2CC(C)(C)C(=O)O. The number of oxazole rings is 1. The first-order valence-electron chi connectivity index (χ1n) is 11.0. The fourth-order valence-electron chi connectivity index (χ4n) is 4.10. The van der Waals surface area contributed by atoms with Crippen molar-refractivity contribution >= 4 is 11.5 Å². The maximum Gasteiger partial charge on any atom is 0.309 e. The van der Waals surface area contributed by atoms with Crippen LogP contribution in [0.25, 0.3) is 17.0 Å². The molecule has 0 fully saturated rings. The van der Waals surface area contributed by atoms with Crippen molar-refractivity contribution in [1.82, 2.24) is 4.98 Å². The summed E-state index contributed by atoms with van der Waals surface area (Å²) in [5.74, 6) is 1.52. The van der Waals surface area contributed by atoms with E-state index in [0.717, 1.165) is 52.3 Å². The lowest BCUT2D eigenvalue weighted by Gasteiger charge is -2.26. The molecular formula is C27H29NO4. The molecule has 0 saturated carbocycles. The highest BCUT2D eigenvalue weighted by atomic mass is 16.5. The number of aromatic nitrogens is 1. The average Bonchev–Trinajstić information content (AvgIpc) is 3.15. The van der Waals surface area contributed by atoms with Crippen LogP contribution in [0.3, 0.4) is 0 Å². The number of fused-ring (bicyclic) bond motifs is 1. The van der Waals surface area contributed by atoms with Crippen molar-refractivity contribution in [2.45, 2.75) is 46.5 Å². The Morgan fingerprint density at radius 2 is 1.94 bits per heavy atom. The van der Waals surface area contributed by atoms with E-state index >= 15 is 0 Å². The zero-order valence-electron chi connectivity index (χ0n) is 18.9. The first-order chi connectivity index (χ1) is 15.3. The molecule has 1 N–H and O–H groups in total. The Kier molecular flexibility index (Phi) is 6.17. The van der Waals surface area contributed by atoms with Gasteiger partial charge in [-0.3, -0.25) is 4.79 Å². The molecule has 1 heterocycles. The highest BCUT2D eigenvalue weighted by Crippen LogP contribution is 2.39. The maximum absolute atomic E-state index is 11.6. The number of nitrogens with zero attached hydrogens (tertiary/aromatic N) is 1. The van der Waals surface area contributed by atoms with Crippen LogP contribution in [0.15, 0.2) is 59.0 Å². The summed E-state index contributed by atoms with van der Waals surface area (Å²) in [6, 6.07) is 15.9. The quantitative estimate of drug-likeness (QED) is 0.466. The van der Waals surface area contributed by atoms with Crippen molar-refractivity contribution in [3.8, 4) is 17.2 Å². The third-order valence-corrected chi connectivity index (χ3v) is 5.99. The van der Waals surface area contributed by atoms with Crippen LogP contribution in [0.4, 0.5) is 0 Å². The predicted molar refractivity (Wildman–Crippen MR) is 125 cm³/mol. The van der Waals surface area contributed by atoms with E-state index < -0.39 is 11.4 Å². The molecule has 0 saturated heterocycles. The molecule has 4 rings (SSSR count). The lowest BCUT2D eigenvalue weighted by Crippen LogP contribution is -2.24. The second-order valence-corrected chi connectivity index (χ2v) is 8.90. The maximum atomic E-state index is 11.6. The molecule has 2 aromatic carbocycles. The number of rotatable bonds is 8. The Morgan fingerprint density at radius 1 is 1.16 bits per heavy atom. The molecule has 1 aliphatic carbocycles. The molecule has 0 bridgehead atoms. The third-order valence-electron chi connectivity index (χ3n) is 5.99. The first-order valence-corrected chi connectivity index (χ1v) is 11.0. The van der Waals surface area contributed by atoms with Gasteiger partial charge in [0.1, 0.15) is 11.5 Å². The van der Waals surface area contributed by atoms with Crippen molar-refractivity contribution in [3.63, 3.8) is 0 Å². The number of hydrogen-bond acceptors (Lipinski definition) is 4. The van der Waals surface area contributed by atoms with Gasteiger partial charge in [-0.2, -0.15) is 0 Å². The van der Waals surface area contributed by atoms with E-state index in [4.69, 9.17) is 9.15 Å². The van der Waals surface area contributed by atoms with Crippen molar-refractivity contribution in [3.05, 3.63) is 77.2 Å². The van der Waals surface area contributed by atoms with Crippen LogP contribution in [-0.4, -0.2) is 22.7 Å². The Balaban J connectivity index is 1.46. The summed E-state index contributed by atoms with van der Waals surface area (Å²) in [4.78, 5) is 16.3. The second kappa shape index (κ2) is 9.03. The minimum Gasteiger partial charge on any atom is -0.493 e. The van der Waals surface area contributed by atoms with Gasteiger partial charge in [0.05, 0.1) is 17.7 Å². The summed E-state index contributed by atoms with van der Waals surface area (Å²) in [5, 5.41) is 9.53. The molecule has 3 aromatic rings. The van der Waals surface area contributed by atoms with Crippen LogP contribution in [0.1, 0.15) is 49.3 Å². The number of carboxylic acid groups (broad SMARTS) is 1. The van der Waals surface area contributed by atoms with Crippen LogP contribution in [0.5, 0.6) is 5.75 Å². The van der Waals surface area contributed by atoms with Crippen molar-refractivity contribution in [1.29, 1.82) is 0 Å². The normalized spacial score (nSPS) is 13.4.